The van der Waals surface area contributed by atoms with Crippen LogP contribution >= 0.6 is 0 Å². The van der Waals surface area contributed by atoms with Gasteiger partial charge in [-0.25, -0.2) is 0 Å². The SMILES string of the molecule is COc1c(CCC2CC2)cc(C(C)(C)C)cc1[N+](=O)[O-]. The Morgan fingerprint density at radius 2 is 2.00 bits per heavy atom. The van der Waals surface area contributed by atoms with Crippen LogP contribution < -0.4 is 4.74 Å². The smallest absolute Gasteiger partial charge is 0.311 e. The van der Waals surface area contributed by atoms with E-state index in [0.717, 1.165) is 29.9 Å². The van der Waals surface area contributed by atoms with Crippen molar-refractivity contribution in [2.75, 3.05) is 7.11 Å². The van der Waals surface area contributed by atoms with Gasteiger partial charge in [-0.2, -0.15) is 0 Å². The van der Waals surface area contributed by atoms with Crippen molar-refractivity contribution in [1.82, 2.24) is 0 Å². The van der Waals surface area contributed by atoms with E-state index in [1.54, 1.807) is 6.07 Å². The summed E-state index contributed by atoms with van der Waals surface area (Å²) < 4.78 is 5.32. The molecule has 1 fully saturated rings. The lowest BCUT2D eigenvalue weighted by molar-refractivity contribution is -0.385. The van der Waals surface area contributed by atoms with Crippen molar-refractivity contribution in [1.29, 1.82) is 0 Å². The summed E-state index contributed by atoms with van der Waals surface area (Å²) in [4.78, 5) is 10.9. The molecular formula is C16H23NO3. The van der Waals surface area contributed by atoms with Gasteiger partial charge in [0.1, 0.15) is 0 Å². The molecule has 1 aliphatic rings. The van der Waals surface area contributed by atoms with Gasteiger partial charge < -0.3 is 4.74 Å². The van der Waals surface area contributed by atoms with E-state index in [0.29, 0.717) is 5.75 Å². The van der Waals surface area contributed by atoms with Crippen molar-refractivity contribution >= 4 is 5.69 Å². The third-order valence-corrected chi connectivity index (χ3v) is 3.93. The van der Waals surface area contributed by atoms with E-state index in [1.807, 2.05) is 0 Å². The molecule has 0 amide bonds. The fourth-order valence-electron chi connectivity index (χ4n) is 2.43. The van der Waals surface area contributed by atoms with Crippen molar-refractivity contribution in [2.24, 2.45) is 5.92 Å². The van der Waals surface area contributed by atoms with Crippen LogP contribution in [0.2, 0.25) is 0 Å². The zero-order valence-corrected chi connectivity index (χ0v) is 12.7. The Kier molecular flexibility index (Phi) is 4.02. The molecule has 0 unspecified atom stereocenters. The second-order valence-electron chi connectivity index (χ2n) is 6.68. The standard InChI is InChI=1S/C16H23NO3/c1-16(2,3)13-9-12(8-7-11-5-6-11)15(20-4)14(10-13)17(18)19/h9-11H,5-8H2,1-4H3. The first-order chi connectivity index (χ1) is 9.32. The van der Waals surface area contributed by atoms with Gasteiger partial charge in [-0.15, -0.1) is 0 Å². The van der Waals surface area contributed by atoms with Gasteiger partial charge in [0.2, 0.25) is 0 Å². The molecule has 0 N–H and O–H groups in total. The normalized spacial score (nSPS) is 15.2. The molecule has 110 valence electrons. The van der Waals surface area contributed by atoms with E-state index < -0.39 is 0 Å². The zero-order valence-electron chi connectivity index (χ0n) is 12.7. The lowest BCUT2D eigenvalue weighted by Gasteiger charge is -2.21. The topological polar surface area (TPSA) is 52.4 Å². The highest BCUT2D eigenvalue weighted by Gasteiger charge is 2.27. The number of hydrogen-bond donors (Lipinski definition) is 0. The minimum Gasteiger partial charge on any atom is -0.490 e. The average Bonchev–Trinajstić information content (AvgIpc) is 3.17. The number of hydrogen-bond acceptors (Lipinski definition) is 3. The van der Waals surface area contributed by atoms with Crippen LogP contribution in [0, 0.1) is 16.0 Å². The van der Waals surface area contributed by atoms with E-state index in [9.17, 15) is 10.1 Å². The second kappa shape index (κ2) is 5.43. The summed E-state index contributed by atoms with van der Waals surface area (Å²) >= 11 is 0. The van der Waals surface area contributed by atoms with Gasteiger partial charge in [-0.1, -0.05) is 39.7 Å². The van der Waals surface area contributed by atoms with E-state index >= 15 is 0 Å². The highest BCUT2D eigenvalue weighted by atomic mass is 16.6. The number of aryl methyl sites for hydroxylation is 1. The monoisotopic (exact) mass is 277 g/mol. The third-order valence-electron chi connectivity index (χ3n) is 3.93. The number of nitro groups is 1. The summed E-state index contributed by atoms with van der Waals surface area (Å²) in [7, 11) is 1.51. The maximum Gasteiger partial charge on any atom is 0.311 e. The third kappa shape index (κ3) is 3.30. The molecule has 0 heterocycles. The lowest BCUT2D eigenvalue weighted by Crippen LogP contribution is -2.13. The molecule has 0 spiro atoms. The molecule has 0 atom stereocenters. The fraction of sp³-hybridized carbons (Fsp3) is 0.625. The van der Waals surface area contributed by atoms with Crippen LogP contribution in [-0.4, -0.2) is 12.0 Å². The summed E-state index contributed by atoms with van der Waals surface area (Å²) in [5, 5.41) is 11.3. The quantitative estimate of drug-likeness (QED) is 0.597. The maximum absolute atomic E-state index is 11.3. The molecule has 1 aromatic rings. The van der Waals surface area contributed by atoms with Crippen LogP contribution in [-0.2, 0) is 11.8 Å². The van der Waals surface area contributed by atoms with E-state index in [-0.39, 0.29) is 16.0 Å². The minimum atomic E-state index is -0.339. The Morgan fingerprint density at radius 3 is 2.45 bits per heavy atom. The summed E-state index contributed by atoms with van der Waals surface area (Å²) in [6, 6.07) is 3.73. The van der Waals surface area contributed by atoms with Crippen LogP contribution in [0.1, 0.15) is 51.2 Å². The number of benzene rings is 1. The van der Waals surface area contributed by atoms with Crippen LogP contribution in [0.4, 0.5) is 5.69 Å². The van der Waals surface area contributed by atoms with Gasteiger partial charge >= 0.3 is 5.69 Å². The van der Waals surface area contributed by atoms with Crippen molar-refractivity contribution < 1.29 is 9.66 Å². The van der Waals surface area contributed by atoms with Gasteiger partial charge in [0.15, 0.2) is 5.75 Å². The van der Waals surface area contributed by atoms with Crippen LogP contribution in [0.5, 0.6) is 5.75 Å². The van der Waals surface area contributed by atoms with Gasteiger partial charge in [0.25, 0.3) is 0 Å². The highest BCUT2D eigenvalue weighted by Crippen LogP contribution is 2.39. The van der Waals surface area contributed by atoms with Crippen molar-refractivity contribution in [3.05, 3.63) is 33.4 Å². The largest absolute Gasteiger partial charge is 0.490 e. The summed E-state index contributed by atoms with van der Waals surface area (Å²) in [6.45, 7) is 6.22. The summed E-state index contributed by atoms with van der Waals surface area (Å²) in [6.07, 6.45) is 4.55. The van der Waals surface area contributed by atoms with Crippen LogP contribution in [0.3, 0.4) is 0 Å². The molecular weight excluding hydrogens is 254 g/mol. The molecule has 0 aromatic heterocycles. The molecule has 0 radical (unpaired) electrons. The molecule has 1 saturated carbocycles. The Morgan fingerprint density at radius 1 is 1.35 bits per heavy atom. The van der Waals surface area contributed by atoms with E-state index in [1.165, 1.54) is 20.0 Å². The minimum absolute atomic E-state index is 0.0886. The Hall–Kier alpha value is -1.58. The van der Waals surface area contributed by atoms with Gasteiger partial charge in [0.05, 0.1) is 12.0 Å². The van der Waals surface area contributed by atoms with E-state index in [4.69, 9.17) is 4.74 Å². The zero-order chi connectivity index (χ0) is 14.9. The molecule has 4 nitrogen and oxygen atoms in total. The van der Waals surface area contributed by atoms with Crippen molar-refractivity contribution in [3.63, 3.8) is 0 Å². The van der Waals surface area contributed by atoms with Crippen LogP contribution in [0.25, 0.3) is 0 Å². The maximum atomic E-state index is 11.3. The van der Waals surface area contributed by atoms with E-state index in [2.05, 4.69) is 26.8 Å². The first-order valence-corrected chi connectivity index (χ1v) is 7.18. The number of rotatable bonds is 5. The Labute approximate surface area is 120 Å². The van der Waals surface area contributed by atoms with Crippen LogP contribution in [0.15, 0.2) is 12.1 Å². The second-order valence-corrected chi connectivity index (χ2v) is 6.68. The highest BCUT2D eigenvalue weighted by molar-refractivity contribution is 5.55. The number of nitrogens with zero attached hydrogens (tertiary/aromatic N) is 1. The molecule has 4 heteroatoms. The van der Waals surface area contributed by atoms with Crippen molar-refractivity contribution in [2.45, 2.75) is 51.9 Å². The molecule has 0 bridgehead atoms. The lowest BCUT2D eigenvalue weighted by atomic mass is 9.85. The molecule has 2 rings (SSSR count). The number of ether oxygens (including phenoxy) is 1. The molecule has 20 heavy (non-hydrogen) atoms. The molecule has 1 aromatic carbocycles. The number of nitro benzene ring substituents is 1. The van der Waals surface area contributed by atoms with Gasteiger partial charge in [-0.3, -0.25) is 10.1 Å². The first-order valence-electron chi connectivity index (χ1n) is 7.18. The van der Waals surface area contributed by atoms with Gasteiger partial charge in [-0.05, 0) is 29.7 Å². The predicted molar refractivity (Wildman–Crippen MR) is 79.4 cm³/mol. The number of methoxy groups -OCH3 is 1. The molecule has 0 aliphatic heterocycles. The summed E-state index contributed by atoms with van der Waals surface area (Å²) in [5.74, 6) is 1.24. The van der Waals surface area contributed by atoms with Gasteiger partial charge in [0, 0.05) is 11.6 Å². The molecule has 1 aliphatic carbocycles. The Bertz CT molecular complexity index is 513. The average molecular weight is 277 g/mol. The fourth-order valence-corrected chi connectivity index (χ4v) is 2.43. The Balaban J connectivity index is 2.43. The first kappa shape index (κ1) is 14.8. The van der Waals surface area contributed by atoms with Crippen molar-refractivity contribution in [3.8, 4) is 5.75 Å². The summed E-state index contributed by atoms with van der Waals surface area (Å²) in [5.41, 5.74) is 1.95. The molecule has 0 saturated heterocycles. The predicted octanol–water partition coefficient (Wildman–Crippen LogP) is 4.24.